The minimum absolute atomic E-state index is 0.103. The van der Waals surface area contributed by atoms with E-state index in [9.17, 15) is 19.7 Å². The Morgan fingerprint density at radius 2 is 1.74 bits per heavy atom. The highest BCUT2D eigenvalue weighted by molar-refractivity contribution is 6.08. The first-order chi connectivity index (χ1) is 16.5. The Kier molecular flexibility index (Phi) is 5.35. The van der Waals surface area contributed by atoms with Crippen molar-refractivity contribution in [3.8, 4) is 5.69 Å². The number of para-hydroxylation sites is 1. The summed E-state index contributed by atoms with van der Waals surface area (Å²) in [5.74, 6) is -0.596. The van der Waals surface area contributed by atoms with E-state index in [1.165, 1.54) is 35.3 Å². The van der Waals surface area contributed by atoms with Crippen molar-refractivity contribution >= 4 is 28.9 Å². The number of anilines is 2. The number of hydrogen-bond acceptors (Lipinski definition) is 5. The number of hydrogen-bond donors (Lipinski definition) is 1. The van der Waals surface area contributed by atoms with E-state index in [0.29, 0.717) is 23.5 Å². The van der Waals surface area contributed by atoms with Crippen molar-refractivity contribution in [3.05, 3.63) is 112 Å². The number of aromatic nitrogens is 2. The van der Waals surface area contributed by atoms with Gasteiger partial charge in [0.1, 0.15) is 5.69 Å². The molecule has 0 saturated heterocycles. The number of nitro benzene ring substituents is 1. The number of nitrogens with zero attached hydrogens (tertiary/aromatic N) is 4. The number of fused-ring (bicyclic) bond motifs is 1. The van der Waals surface area contributed by atoms with E-state index in [2.05, 4.69) is 10.3 Å². The average Bonchev–Trinajstić information content (AvgIpc) is 3.54. The predicted octanol–water partition coefficient (Wildman–Crippen LogP) is 4.24. The molecule has 1 aliphatic rings. The molecule has 2 heterocycles. The Morgan fingerprint density at radius 1 is 0.971 bits per heavy atom. The second-order valence-corrected chi connectivity index (χ2v) is 7.80. The lowest BCUT2D eigenvalue weighted by Gasteiger charge is -2.17. The first-order valence-electron chi connectivity index (χ1n) is 10.6. The lowest BCUT2D eigenvalue weighted by Crippen LogP contribution is -2.28. The van der Waals surface area contributed by atoms with Crippen LogP contribution in [0.3, 0.4) is 0 Å². The normalized spacial score (nSPS) is 12.3. The highest BCUT2D eigenvalue weighted by atomic mass is 16.6. The number of carbonyl (C=O) groups excluding carboxylic acids is 2. The SMILES string of the molecule is O=C(Nc1ccc(C(=O)N2CCc3ccccc32)cc1)c1ccc(-n2ccnc2)c([N+](=O)[O-])c1. The molecule has 1 aromatic heterocycles. The topological polar surface area (TPSA) is 110 Å². The molecule has 0 unspecified atom stereocenters. The lowest BCUT2D eigenvalue weighted by atomic mass is 10.1. The Morgan fingerprint density at radius 3 is 2.47 bits per heavy atom. The maximum Gasteiger partial charge on any atom is 0.294 e. The van der Waals surface area contributed by atoms with Gasteiger partial charge in [0.2, 0.25) is 0 Å². The maximum absolute atomic E-state index is 13.0. The predicted molar refractivity (Wildman–Crippen MR) is 126 cm³/mol. The van der Waals surface area contributed by atoms with E-state index < -0.39 is 10.8 Å². The largest absolute Gasteiger partial charge is 0.322 e. The fourth-order valence-electron chi connectivity index (χ4n) is 4.04. The molecule has 5 rings (SSSR count). The fourth-order valence-corrected chi connectivity index (χ4v) is 4.04. The number of benzene rings is 3. The van der Waals surface area contributed by atoms with Crippen LogP contribution >= 0.6 is 0 Å². The zero-order valence-corrected chi connectivity index (χ0v) is 17.9. The molecule has 0 saturated carbocycles. The van der Waals surface area contributed by atoms with Crippen LogP contribution in [0.1, 0.15) is 26.3 Å². The van der Waals surface area contributed by atoms with E-state index in [-0.39, 0.29) is 17.2 Å². The Labute approximate surface area is 194 Å². The number of nitrogens with one attached hydrogen (secondary N) is 1. The maximum atomic E-state index is 13.0. The molecule has 0 radical (unpaired) electrons. The summed E-state index contributed by atoms with van der Waals surface area (Å²) >= 11 is 0. The molecule has 0 spiro atoms. The number of amides is 2. The minimum Gasteiger partial charge on any atom is -0.322 e. The molecule has 1 aliphatic heterocycles. The zero-order valence-electron chi connectivity index (χ0n) is 17.9. The van der Waals surface area contributed by atoms with Gasteiger partial charge in [-0.15, -0.1) is 0 Å². The first kappa shape index (κ1) is 21.1. The third kappa shape index (κ3) is 3.90. The van der Waals surface area contributed by atoms with Crippen molar-refractivity contribution in [1.82, 2.24) is 9.55 Å². The highest BCUT2D eigenvalue weighted by Crippen LogP contribution is 2.29. The van der Waals surface area contributed by atoms with Crippen LogP contribution in [-0.2, 0) is 6.42 Å². The van der Waals surface area contributed by atoms with E-state index in [4.69, 9.17) is 0 Å². The van der Waals surface area contributed by atoms with Gasteiger partial charge < -0.3 is 14.8 Å². The van der Waals surface area contributed by atoms with Gasteiger partial charge in [0, 0.05) is 47.5 Å². The summed E-state index contributed by atoms with van der Waals surface area (Å²) in [7, 11) is 0. The Bertz CT molecular complexity index is 1400. The molecule has 1 N–H and O–H groups in total. The van der Waals surface area contributed by atoms with Gasteiger partial charge in [0.05, 0.1) is 11.3 Å². The fraction of sp³-hybridized carbons (Fsp3) is 0.0800. The highest BCUT2D eigenvalue weighted by Gasteiger charge is 2.25. The van der Waals surface area contributed by atoms with E-state index in [1.54, 1.807) is 35.4 Å². The molecule has 0 atom stereocenters. The molecular formula is C25H19N5O4. The Hall–Kier alpha value is -4.79. The first-order valence-corrected chi connectivity index (χ1v) is 10.6. The van der Waals surface area contributed by atoms with Crippen molar-refractivity contribution < 1.29 is 14.5 Å². The molecule has 34 heavy (non-hydrogen) atoms. The van der Waals surface area contributed by atoms with Crippen molar-refractivity contribution in [2.75, 3.05) is 16.8 Å². The molecule has 168 valence electrons. The number of nitro groups is 1. The monoisotopic (exact) mass is 453 g/mol. The quantitative estimate of drug-likeness (QED) is 0.359. The van der Waals surface area contributed by atoms with Crippen molar-refractivity contribution in [2.45, 2.75) is 6.42 Å². The minimum atomic E-state index is -0.539. The molecule has 0 fully saturated rings. The lowest BCUT2D eigenvalue weighted by molar-refractivity contribution is -0.384. The molecule has 9 heteroatoms. The molecule has 3 aromatic carbocycles. The van der Waals surface area contributed by atoms with E-state index in [0.717, 1.165) is 17.7 Å². The van der Waals surface area contributed by atoms with Crippen LogP contribution in [0.4, 0.5) is 17.1 Å². The summed E-state index contributed by atoms with van der Waals surface area (Å²) in [6, 6.07) is 18.7. The molecule has 0 aliphatic carbocycles. The number of carbonyl (C=O) groups is 2. The zero-order chi connectivity index (χ0) is 23.7. The summed E-state index contributed by atoms with van der Waals surface area (Å²) in [6.07, 6.45) is 5.38. The molecular weight excluding hydrogens is 434 g/mol. The third-order valence-electron chi connectivity index (χ3n) is 5.74. The van der Waals surface area contributed by atoms with Gasteiger partial charge in [-0.05, 0) is 54.4 Å². The smallest absolute Gasteiger partial charge is 0.294 e. The average molecular weight is 453 g/mol. The van der Waals surface area contributed by atoms with Crippen molar-refractivity contribution in [3.63, 3.8) is 0 Å². The van der Waals surface area contributed by atoms with Gasteiger partial charge in [0.25, 0.3) is 17.5 Å². The second-order valence-electron chi connectivity index (χ2n) is 7.80. The van der Waals surface area contributed by atoms with Crippen LogP contribution < -0.4 is 10.2 Å². The second kappa shape index (κ2) is 8.62. The summed E-state index contributed by atoms with van der Waals surface area (Å²) < 4.78 is 1.51. The van der Waals surface area contributed by atoms with Crippen LogP contribution in [0.25, 0.3) is 5.69 Å². The summed E-state index contributed by atoms with van der Waals surface area (Å²) in [4.78, 5) is 42.3. The summed E-state index contributed by atoms with van der Waals surface area (Å²) in [6.45, 7) is 0.629. The summed E-state index contributed by atoms with van der Waals surface area (Å²) in [5, 5.41) is 14.3. The van der Waals surface area contributed by atoms with Crippen LogP contribution in [0, 0.1) is 10.1 Å². The van der Waals surface area contributed by atoms with Gasteiger partial charge in [-0.2, -0.15) is 0 Å². The molecule has 2 amide bonds. The van der Waals surface area contributed by atoms with Crippen LogP contribution in [0.2, 0.25) is 0 Å². The van der Waals surface area contributed by atoms with Crippen LogP contribution in [0.5, 0.6) is 0 Å². The van der Waals surface area contributed by atoms with E-state index in [1.807, 2.05) is 24.3 Å². The molecule has 0 bridgehead atoms. The van der Waals surface area contributed by atoms with Crippen molar-refractivity contribution in [2.24, 2.45) is 0 Å². The standard InChI is InChI=1S/C25H19N5O4/c31-24(19-7-10-22(23(15-19)30(33)34)28-14-12-26-16-28)27-20-8-5-18(6-9-20)25(32)29-13-11-17-3-1-2-4-21(17)29/h1-10,12,14-16H,11,13H2,(H,27,31). The summed E-state index contributed by atoms with van der Waals surface area (Å²) in [5.41, 5.74) is 3.30. The third-order valence-corrected chi connectivity index (χ3v) is 5.74. The van der Waals surface area contributed by atoms with Gasteiger partial charge in [0.15, 0.2) is 0 Å². The Balaban J connectivity index is 1.32. The van der Waals surface area contributed by atoms with Gasteiger partial charge in [-0.25, -0.2) is 4.98 Å². The van der Waals surface area contributed by atoms with Gasteiger partial charge in [-0.1, -0.05) is 18.2 Å². The van der Waals surface area contributed by atoms with Gasteiger partial charge >= 0.3 is 0 Å². The molecule has 4 aromatic rings. The number of imidazole rings is 1. The molecule has 9 nitrogen and oxygen atoms in total. The number of rotatable bonds is 5. The van der Waals surface area contributed by atoms with Gasteiger partial charge in [-0.3, -0.25) is 19.7 Å². The van der Waals surface area contributed by atoms with E-state index >= 15 is 0 Å². The van der Waals surface area contributed by atoms with Crippen LogP contribution in [-0.4, -0.2) is 32.8 Å². The van der Waals surface area contributed by atoms with Crippen LogP contribution in [0.15, 0.2) is 85.5 Å². The van der Waals surface area contributed by atoms with Crippen molar-refractivity contribution in [1.29, 1.82) is 0 Å².